The molecule has 7 nitrogen and oxygen atoms in total. The molecule has 0 aromatic rings. The normalized spacial score (nSPS) is 43.4. The highest BCUT2D eigenvalue weighted by Gasteiger charge is 2.58. The molecule has 4 fully saturated rings. The Bertz CT molecular complexity index is 837. The SMILES string of the molecule is C[C@]12CC[C@H]3[C@@H](CCC4=C[C@H](OCC(=O)ON5C(=O)CCC5=O)CC[C@@]43C)[C@@H]1CC[C@@H]2O. The van der Waals surface area contributed by atoms with Crippen molar-refractivity contribution in [3.05, 3.63) is 11.6 Å². The summed E-state index contributed by atoms with van der Waals surface area (Å²) in [6.07, 6.45) is 10.6. The van der Waals surface area contributed by atoms with E-state index < -0.39 is 17.8 Å². The van der Waals surface area contributed by atoms with Crippen LogP contribution in [0.4, 0.5) is 0 Å². The van der Waals surface area contributed by atoms with E-state index in [1.165, 1.54) is 18.4 Å². The molecule has 0 aromatic carbocycles. The van der Waals surface area contributed by atoms with Crippen molar-refractivity contribution in [2.75, 3.05) is 6.61 Å². The summed E-state index contributed by atoms with van der Waals surface area (Å²) in [6, 6.07) is 0. The lowest BCUT2D eigenvalue weighted by atomic mass is 9.47. The van der Waals surface area contributed by atoms with Gasteiger partial charge in [0.05, 0.1) is 12.2 Å². The van der Waals surface area contributed by atoms with Gasteiger partial charge in [-0.1, -0.05) is 25.5 Å². The van der Waals surface area contributed by atoms with Crippen LogP contribution in [0, 0.1) is 28.6 Å². The summed E-state index contributed by atoms with van der Waals surface area (Å²) < 4.78 is 5.82. The van der Waals surface area contributed by atoms with E-state index in [1.54, 1.807) is 0 Å². The van der Waals surface area contributed by atoms with Gasteiger partial charge in [-0.25, -0.2) is 4.79 Å². The number of nitrogens with zero attached hydrogens (tertiary/aromatic N) is 1. The summed E-state index contributed by atoms with van der Waals surface area (Å²) in [5, 5.41) is 11.2. The number of fused-ring (bicyclic) bond motifs is 5. The summed E-state index contributed by atoms with van der Waals surface area (Å²) in [4.78, 5) is 40.2. The van der Waals surface area contributed by atoms with Crippen molar-refractivity contribution in [3.63, 3.8) is 0 Å². The standard InChI is InChI=1S/C25H35NO6/c1-24-11-9-16(31-14-23(30)32-26-21(28)7-8-22(26)29)13-15(24)3-4-17-18-5-6-20(27)25(18,2)12-10-19(17)24/h13,16-20,27H,3-12,14H2,1-2H3/t16-,17+,18+,19+,20+,24+,25+/m1/s1. The van der Waals surface area contributed by atoms with Gasteiger partial charge in [0, 0.05) is 12.8 Å². The number of hydrogen-bond acceptors (Lipinski definition) is 6. The zero-order valence-electron chi connectivity index (χ0n) is 19.2. The Balaban J connectivity index is 1.22. The van der Waals surface area contributed by atoms with Crippen LogP contribution in [0.3, 0.4) is 0 Å². The average Bonchev–Trinajstić information content (AvgIpc) is 3.25. The highest BCUT2D eigenvalue weighted by Crippen LogP contribution is 2.65. The van der Waals surface area contributed by atoms with Gasteiger partial charge in [0.2, 0.25) is 0 Å². The quantitative estimate of drug-likeness (QED) is 0.527. The maximum absolute atomic E-state index is 12.1. The van der Waals surface area contributed by atoms with E-state index >= 15 is 0 Å². The molecular formula is C25H35NO6. The highest BCUT2D eigenvalue weighted by molar-refractivity contribution is 6.01. The van der Waals surface area contributed by atoms with Gasteiger partial charge >= 0.3 is 5.97 Å². The van der Waals surface area contributed by atoms with Crippen LogP contribution < -0.4 is 0 Å². The Morgan fingerprint density at radius 3 is 2.53 bits per heavy atom. The summed E-state index contributed by atoms with van der Waals surface area (Å²) in [5.74, 6) is 0.313. The van der Waals surface area contributed by atoms with Crippen LogP contribution in [-0.4, -0.2) is 46.8 Å². The molecule has 1 aliphatic heterocycles. The van der Waals surface area contributed by atoms with Gasteiger partial charge < -0.3 is 14.7 Å². The number of aliphatic hydroxyl groups is 1. The zero-order valence-corrected chi connectivity index (χ0v) is 19.2. The van der Waals surface area contributed by atoms with E-state index in [2.05, 4.69) is 19.9 Å². The Kier molecular flexibility index (Phi) is 5.48. The number of rotatable bonds is 4. The van der Waals surface area contributed by atoms with Crippen molar-refractivity contribution in [2.45, 2.75) is 90.3 Å². The lowest BCUT2D eigenvalue weighted by Crippen LogP contribution is -2.51. The largest absolute Gasteiger partial charge is 0.393 e. The maximum Gasteiger partial charge on any atom is 0.358 e. The highest BCUT2D eigenvalue weighted by atomic mass is 16.7. The van der Waals surface area contributed by atoms with Gasteiger partial charge in [-0.2, -0.15) is 0 Å². The third kappa shape index (κ3) is 3.43. The Morgan fingerprint density at radius 2 is 1.78 bits per heavy atom. The fourth-order valence-electron chi connectivity index (χ4n) is 7.76. The number of allylic oxidation sites excluding steroid dienone is 1. The molecule has 0 bridgehead atoms. The predicted molar refractivity (Wildman–Crippen MR) is 115 cm³/mol. The molecule has 176 valence electrons. The molecule has 0 spiro atoms. The van der Waals surface area contributed by atoms with Crippen LogP contribution in [0.25, 0.3) is 0 Å². The van der Waals surface area contributed by atoms with Crippen molar-refractivity contribution >= 4 is 17.8 Å². The number of hydroxylamine groups is 2. The van der Waals surface area contributed by atoms with Crippen LogP contribution >= 0.6 is 0 Å². The van der Waals surface area contributed by atoms with E-state index in [4.69, 9.17) is 9.57 Å². The van der Waals surface area contributed by atoms with Crippen LogP contribution in [-0.2, 0) is 24.0 Å². The maximum atomic E-state index is 12.1. The fraction of sp³-hybridized carbons (Fsp3) is 0.800. The minimum atomic E-state index is -0.713. The Morgan fingerprint density at radius 1 is 1.03 bits per heavy atom. The molecule has 7 heteroatoms. The van der Waals surface area contributed by atoms with Gasteiger partial charge in [0.1, 0.15) is 6.61 Å². The molecule has 1 heterocycles. The number of carbonyl (C=O) groups excluding carboxylic acids is 3. The van der Waals surface area contributed by atoms with E-state index in [0.717, 1.165) is 38.5 Å². The van der Waals surface area contributed by atoms with Gasteiger partial charge in [0.25, 0.3) is 11.8 Å². The molecule has 1 saturated heterocycles. The first-order valence-electron chi connectivity index (χ1n) is 12.3. The molecule has 2 amide bonds. The van der Waals surface area contributed by atoms with Crippen LogP contribution in [0.1, 0.15) is 78.1 Å². The lowest BCUT2D eigenvalue weighted by molar-refractivity contribution is -0.201. The second-order valence-electron chi connectivity index (χ2n) is 11.1. The lowest BCUT2D eigenvalue weighted by Gasteiger charge is -2.58. The molecule has 0 radical (unpaired) electrons. The molecule has 5 aliphatic rings. The van der Waals surface area contributed by atoms with Crippen molar-refractivity contribution in [1.82, 2.24) is 5.06 Å². The number of aliphatic hydroxyl groups excluding tert-OH is 1. The van der Waals surface area contributed by atoms with Gasteiger partial charge in [-0.3, -0.25) is 9.59 Å². The minimum absolute atomic E-state index is 0.0847. The van der Waals surface area contributed by atoms with Crippen LogP contribution in [0.15, 0.2) is 11.6 Å². The second kappa shape index (κ2) is 7.94. The Hall–Kier alpha value is -1.73. The number of hydrogen-bond donors (Lipinski definition) is 1. The van der Waals surface area contributed by atoms with Crippen molar-refractivity contribution in [1.29, 1.82) is 0 Å². The average molecular weight is 446 g/mol. The van der Waals surface area contributed by atoms with Crippen LogP contribution in [0.5, 0.6) is 0 Å². The number of ether oxygens (including phenoxy) is 1. The molecule has 32 heavy (non-hydrogen) atoms. The number of carbonyl (C=O) groups is 3. The molecule has 3 saturated carbocycles. The third-order valence-electron chi connectivity index (χ3n) is 9.64. The topological polar surface area (TPSA) is 93.1 Å². The van der Waals surface area contributed by atoms with Crippen LogP contribution in [0.2, 0.25) is 0 Å². The first kappa shape index (κ1) is 22.1. The third-order valence-corrected chi connectivity index (χ3v) is 9.64. The second-order valence-corrected chi connectivity index (χ2v) is 11.1. The molecule has 0 unspecified atom stereocenters. The molecule has 1 N–H and O–H groups in total. The molecular weight excluding hydrogens is 410 g/mol. The number of amides is 2. The minimum Gasteiger partial charge on any atom is -0.393 e. The first-order chi connectivity index (χ1) is 15.2. The van der Waals surface area contributed by atoms with Crippen molar-refractivity contribution in [3.8, 4) is 0 Å². The van der Waals surface area contributed by atoms with Gasteiger partial charge in [0.15, 0.2) is 0 Å². The zero-order chi connectivity index (χ0) is 22.7. The number of imide groups is 1. The van der Waals surface area contributed by atoms with Crippen molar-refractivity contribution < 1.29 is 29.1 Å². The molecule has 7 atom stereocenters. The summed E-state index contributed by atoms with van der Waals surface area (Å²) in [5.41, 5.74) is 1.72. The molecule has 4 aliphatic carbocycles. The summed E-state index contributed by atoms with van der Waals surface area (Å²) in [7, 11) is 0. The van der Waals surface area contributed by atoms with E-state index in [1.807, 2.05) is 0 Å². The fourth-order valence-corrected chi connectivity index (χ4v) is 7.76. The molecule has 0 aromatic heterocycles. The van der Waals surface area contributed by atoms with Gasteiger partial charge in [-0.05, 0) is 80.0 Å². The predicted octanol–water partition coefficient (Wildman–Crippen LogP) is 3.30. The van der Waals surface area contributed by atoms with E-state index in [-0.39, 0.29) is 42.5 Å². The van der Waals surface area contributed by atoms with E-state index in [9.17, 15) is 19.5 Å². The molecule has 5 rings (SSSR count). The monoisotopic (exact) mass is 445 g/mol. The smallest absolute Gasteiger partial charge is 0.358 e. The summed E-state index contributed by atoms with van der Waals surface area (Å²) in [6.45, 7) is 4.46. The van der Waals surface area contributed by atoms with E-state index in [0.29, 0.717) is 22.8 Å². The first-order valence-corrected chi connectivity index (χ1v) is 12.3. The van der Waals surface area contributed by atoms with Crippen molar-refractivity contribution in [2.24, 2.45) is 28.6 Å². The van der Waals surface area contributed by atoms with Gasteiger partial charge in [-0.15, -0.1) is 5.06 Å². The summed E-state index contributed by atoms with van der Waals surface area (Å²) >= 11 is 0. The Labute approximate surface area is 189 Å².